The van der Waals surface area contributed by atoms with E-state index in [2.05, 4.69) is 31.8 Å². The molecule has 1 aliphatic rings. The summed E-state index contributed by atoms with van der Waals surface area (Å²) in [6, 6.07) is 1.32. The van der Waals surface area contributed by atoms with Gasteiger partial charge in [0.2, 0.25) is 0 Å². The van der Waals surface area contributed by atoms with Gasteiger partial charge in [0.25, 0.3) is 0 Å². The molecule has 2 heteroatoms. The third kappa shape index (κ3) is 6.44. The van der Waals surface area contributed by atoms with Crippen molar-refractivity contribution < 1.29 is 4.74 Å². The second-order valence-corrected chi connectivity index (χ2v) is 12.2. The van der Waals surface area contributed by atoms with Crippen molar-refractivity contribution >= 4 is 8.07 Å². The van der Waals surface area contributed by atoms with Crippen LogP contribution in [0.3, 0.4) is 0 Å². The molecule has 0 aliphatic heterocycles. The SMILES string of the molecule is CO/C=C1/CCCCC1CC/C=C/C[Si](C)(C)C. The van der Waals surface area contributed by atoms with E-state index in [1.165, 1.54) is 44.6 Å². The summed E-state index contributed by atoms with van der Waals surface area (Å²) in [5, 5.41) is 0. The highest BCUT2D eigenvalue weighted by Gasteiger charge is 2.18. The second kappa shape index (κ2) is 7.83. The summed E-state index contributed by atoms with van der Waals surface area (Å²) < 4.78 is 5.21. The van der Waals surface area contributed by atoms with Gasteiger partial charge in [-0.05, 0) is 49.6 Å². The Bertz CT molecular complexity index is 286. The molecule has 1 unspecified atom stereocenters. The first-order valence-electron chi connectivity index (χ1n) is 7.39. The molecule has 1 aliphatic carbocycles. The maximum Gasteiger partial charge on any atom is 0.0819 e. The van der Waals surface area contributed by atoms with Gasteiger partial charge in [-0.25, -0.2) is 0 Å². The zero-order valence-corrected chi connectivity index (χ0v) is 13.7. The van der Waals surface area contributed by atoms with Crippen LogP contribution in [0.2, 0.25) is 25.7 Å². The van der Waals surface area contributed by atoms with Gasteiger partial charge >= 0.3 is 0 Å². The lowest BCUT2D eigenvalue weighted by molar-refractivity contribution is 0.315. The van der Waals surface area contributed by atoms with Gasteiger partial charge in [0, 0.05) is 8.07 Å². The van der Waals surface area contributed by atoms with E-state index in [1.807, 2.05) is 6.26 Å². The Kier molecular flexibility index (Phi) is 6.76. The van der Waals surface area contributed by atoms with E-state index in [0.717, 1.165) is 5.92 Å². The van der Waals surface area contributed by atoms with E-state index < -0.39 is 8.07 Å². The number of rotatable bonds is 6. The zero-order valence-electron chi connectivity index (χ0n) is 12.7. The molecular formula is C16H30OSi. The topological polar surface area (TPSA) is 9.23 Å². The molecule has 18 heavy (non-hydrogen) atoms. The van der Waals surface area contributed by atoms with E-state index in [0.29, 0.717) is 0 Å². The predicted octanol–water partition coefficient (Wildman–Crippen LogP) is 5.38. The maximum atomic E-state index is 5.21. The third-order valence-corrected chi connectivity index (χ3v) is 5.10. The molecule has 1 saturated carbocycles. The molecule has 1 fully saturated rings. The van der Waals surface area contributed by atoms with Crippen molar-refractivity contribution in [3.63, 3.8) is 0 Å². The van der Waals surface area contributed by atoms with Crippen LogP contribution in [-0.2, 0) is 4.74 Å². The van der Waals surface area contributed by atoms with Crippen molar-refractivity contribution in [1.82, 2.24) is 0 Å². The van der Waals surface area contributed by atoms with Crippen molar-refractivity contribution in [1.29, 1.82) is 0 Å². The van der Waals surface area contributed by atoms with Crippen LogP contribution in [0.5, 0.6) is 0 Å². The maximum absolute atomic E-state index is 5.21. The Hall–Kier alpha value is -0.503. The highest BCUT2D eigenvalue weighted by Crippen LogP contribution is 2.32. The fraction of sp³-hybridized carbons (Fsp3) is 0.750. The summed E-state index contributed by atoms with van der Waals surface area (Å²) in [6.45, 7) is 7.29. The Morgan fingerprint density at radius 3 is 2.67 bits per heavy atom. The van der Waals surface area contributed by atoms with Crippen molar-refractivity contribution in [2.45, 2.75) is 64.2 Å². The number of ether oxygens (including phenoxy) is 1. The average molecular weight is 267 g/mol. The van der Waals surface area contributed by atoms with Gasteiger partial charge in [-0.1, -0.05) is 38.2 Å². The standard InChI is InChI=1S/C16H30OSi/c1-17-14-16-12-8-7-11-15(16)10-6-5-9-13-18(2,3)4/h5,9,14-15H,6-8,10-13H2,1-4H3/b9-5+,16-14-. The van der Waals surface area contributed by atoms with Crippen LogP contribution < -0.4 is 0 Å². The quantitative estimate of drug-likeness (QED) is 0.356. The summed E-state index contributed by atoms with van der Waals surface area (Å²) in [6.07, 6.45) is 14.7. The first kappa shape index (κ1) is 15.6. The molecule has 0 aromatic carbocycles. The molecule has 0 radical (unpaired) electrons. The van der Waals surface area contributed by atoms with Crippen LogP contribution >= 0.6 is 0 Å². The normalized spacial score (nSPS) is 23.8. The second-order valence-electron chi connectivity index (χ2n) is 6.68. The molecule has 1 atom stereocenters. The molecule has 1 nitrogen and oxygen atoms in total. The van der Waals surface area contributed by atoms with Crippen LogP contribution in [0.1, 0.15) is 38.5 Å². The lowest BCUT2D eigenvalue weighted by atomic mass is 9.82. The fourth-order valence-corrected chi connectivity index (χ4v) is 3.47. The van der Waals surface area contributed by atoms with Crippen molar-refractivity contribution in [2.24, 2.45) is 5.92 Å². The van der Waals surface area contributed by atoms with Crippen molar-refractivity contribution in [2.75, 3.05) is 7.11 Å². The number of methoxy groups -OCH3 is 1. The smallest absolute Gasteiger partial charge is 0.0819 e. The largest absolute Gasteiger partial charge is 0.504 e. The van der Waals surface area contributed by atoms with E-state index in [4.69, 9.17) is 4.74 Å². The zero-order chi connectivity index (χ0) is 13.4. The molecular weight excluding hydrogens is 236 g/mol. The molecule has 0 N–H and O–H groups in total. The lowest BCUT2D eigenvalue weighted by Gasteiger charge is -2.24. The van der Waals surface area contributed by atoms with Gasteiger partial charge in [-0.2, -0.15) is 0 Å². The van der Waals surface area contributed by atoms with Gasteiger partial charge in [0.05, 0.1) is 13.4 Å². The molecule has 104 valence electrons. The Balaban J connectivity index is 2.31. The van der Waals surface area contributed by atoms with E-state index in [1.54, 1.807) is 12.7 Å². The molecule has 0 bridgehead atoms. The predicted molar refractivity (Wildman–Crippen MR) is 83.6 cm³/mol. The molecule has 0 spiro atoms. The minimum absolute atomic E-state index is 0.773. The summed E-state index contributed by atoms with van der Waals surface area (Å²) in [7, 11) is 0.879. The Labute approximate surface area is 114 Å². The molecule has 0 amide bonds. The summed E-state index contributed by atoms with van der Waals surface area (Å²) >= 11 is 0. The van der Waals surface area contributed by atoms with Gasteiger partial charge in [0.15, 0.2) is 0 Å². The molecule has 1 rings (SSSR count). The molecule has 0 heterocycles. The third-order valence-electron chi connectivity index (χ3n) is 3.64. The summed E-state index contributed by atoms with van der Waals surface area (Å²) in [5.41, 5.74) is 1.54. The fourth-order valence-electron chi connectivity index (χ4n) is 2.60. The van der Waals surface area contributed by atoms with Crippen LogP contribution in [0.15, 0.2) is 24.0 Å². The van der Waals surface area contributed by atoms with E-state index in [9.17, 15) is 0 Å². The van der Waals surface area contributed by atoms with Gasteiger partial charge in [0.1, 0.15) is 0 Å². The lowest BCUT2D eigenvalue weighted by Crippen LogP contribution is -2.17. The van der Waals surface area contributed by atoms with E-state index >= 15 is 0 Å². The molecule has 0 saturated heterocycles. The van der Waals surface area contributed by atoms with Gasteiger partial charge in [-0.3, -0.25) is 0 Å². The first-order valence-corrected chi connectivity index (χ1v) is 11.1. The summed E-state index contributed by atoms with van der Waals surface area (Å²) in [4.78, 5) is 0. The highest BCUT2D eigenvalue weighted by atomic mass is 28.3. The Morgan fingerprint density at radius 2 is 2.00 bits per heavy atom. The Morgan fingerprint density at radius 1 is 1.22 bits per heavy atom. The van der Waals surface area contributed by atoms with Crippen LogP contribution in [0.25, 0.3) is 0 Å². The van der Waals surface area contributed by atoms with Gasteiger partial charge < -0.3 is 4.74 Å². The first-order chi connectivity index (χ1) is 8.53. The highest BCUT2D eigenvalue weighted by molar-refractivity contribution is 6.76. The summed E-state index contributed by atoms with van der Waals surface area (Å²) in [5.74, 6) is 0.773. The minimum atomic E-state index is -0.891. The average Bonchev–Trinajstić information content (AvgIpc) is 2.29. The minimum Gasteiger partial charge on any atom is -0.504 e. The van der Waals surface area contributed by atoms with E-state index in [-0.39, 0.29) is 0 Å². The van der Waals surface area contributed by atoms with Crippen LogP contribution in [0.4, 0.5) is 0 Å². The number of hydrogen-bond acceptors (Lipinski definition) is 1. The van der Waals surface area contributed by atoms with Gasteiger partial charge in [-0.15, -0.1) is 0 Å². The number of hydrogen-bond donors (Lipinski definition) is 0. The van der Waals surface area contributed by atoms with Crippen molar-refractivity contribution in [3.8, 4) is 0 Å². The molecule has 0 aromatic rings. The van der Waals surface area contributed by atoms with Crippen molar-refractivity contribution in [3.05, 3.63) is 24.0 Å². The van der Waals surface area contributed by atoms with Crippen LogP contribution in [-0.4, -0.2) is 15.2 Å². The number of allylic oxidation sites excluding steroid dienone is 3. The monoisotopic (exact) mass is 266 g/mol. The van der Waals surface area contributed by atoms with Crippen LogP contribution in [0, 0.1) is 5.92 Å². The molecule has 0 aromatic heterocycles.